The molecule has 0 aliphatic carbocycles. The van der Waals surface area contributed by atoms with E-state index in [1.807, 2.05) is 30.3 Å². The van der Waals surface area contributed by atoms with Gasteiger partial charge in [-0.15, -0.1) is 0 Å². The second kappa shape index (κ2) is 9.73. The lowest BCUT2D eigenvalue weighted by Crippen LogP contribution is -2.63. The van der Waals surface area contributed by atoms with Crippen molar-refractivity contribution in [3.8, 4) is 0 Å². The van der Waals surface area contributed by atoms with Crippen LogP contribution in [-0.4, -0.2) is 82.6 Å². The first-order valence-corrected chi connectivity index (χ1v) is 10.5. The van der Waals surface area contributed by atoms with Gasteiger partial charge in [0, 0.05) is 51.6 Å². The highest BCUT2D eigenvalue weighted by Crippen LogP contribution is 2.23. The Kier molecular flexibility index (Phi) is 6.60. The topological polar surface area (TPSA) is 114 Å². The molecule has 168 valence electrons. The molecule has 0 unspecified atom stereocenters. The maximum atomic E-state index is 13.3. The summed E-state index contributed by atoms with van der Waals surface area (Å²) < 4.78 is 10.8. The fourth-order valence-corrected chi connectivity index (χ4v) is 3.83. The number of nitrogens with zero attached hydrogens (tertiary/aromatic N) is 4. The van der Waals surface area contributed by atoms with Crippen molar-refractivity contribution < 1.29 is 23.9 Å². The molecule has 0 radical (unpaired) electrons. The first kappa shape index (κ1) is 21.7. The standard InChI is InChI=1S/C22H25N5O5/c28-19(18-14-23-7-8-24-18)26-9-11-27(12-10-26)20(29)22(6-13-31-16-22)25-21(30)32-15-17-4-2-1-3-5-17/h1-5,7-8,14H,6,9-13,15-16H2,(H,25,30)/t22-/m1/s1. The van der Waals surface area contributed by atoms with E-state index in [0.29, 0.717) is 39.2 Å². The SMILES string of the molecule is O=C(N[C@]1(C(=O)N2CCN(C(=O)c3cnccn3)CC2)CCOC1)OCc1ccccc1. The normalized spacial score (nSPS) is 20.6. The molecule has 2 aliphatic heterocycles. The number of benzene rings is 1. The number of hydrogen-bond acceptors (Lipinski definition) is 7. The lowest BCUT2D eigenvalue weighted by atomic mass is 9.96. The minimum atomic E-state index is -1.16. The van der Waals surface area contributed by atoms with Crippen LogP contribution in [0, 0.1) is 0 Å². The zero-order valence-electron chi connectivity index (χ0n) is 17.6. The maximum absolute atomic E-state index is 13.3. The minimum Gasteiger partial charge on any atom is -0.445 e. The van der Waals surface area contributed by atoms with Crippen LogP contribution < -0.4 is 5.32 Å². The van der Waals surface area contributed by atoms with E-state index >= 15 is 0 Å². The van der Waals surface area contributed by atoms with E-state index in [0.717, 1.165) is 5.56 Å². The predicted molar refractivity (Wildman–Crippen MR) is 112 cm³/mol. The summed E-state index contributed by atoms with van der Waals surface area (Å²) in [5.74, 6) is -0.440. The zero-order valence-corrected chi connectivity index (χ0v) is 17.6. The molecule has 1 aromatic carbocycles. The van der Waals surface area contributed by atoms with Crippen molar-refractivity contribution in [3.05, 3.63) is 60.2 Å². The van der Waals surface area contributed by atoms with Gasteiger partial charge in [-0.25, -0.2) is 9.78 Å². The molecule has 0 bridgehead atoms. The average molecular weight is 439 g/mol. The fourth-order valence-electron chi connectivity index (χ4n) is 3.83. The van der Waals surface area contributed by atoms with Gasteiger partial charge < -0.3 is 24.6 Å². The third-order valence-corrected chi connectivity index (χ3v) is 5.62. The molecular formula is C22H25N5O5. The summed E-state index contributed by atoms with van der Waals surface area (Å²) in [5.41, 5.74) is -0.0319. The van der Waals surface area contributed by atoms with Crippen LogP contribution in [0.25, 0.3) is 0 Å². The lowest BCUT2D eigenvalue weighted by Gasteiger charge is -2.39. The number of alkyl carbamates (subject to hydrolysis) is 1. The molecule has 3 heterocycles. The largest absolute Gasteiger partial charge is 0.445 e. The zero-order chi connectivity index (χ0) is 22.4. The van der Waals surface area contributed by atoms with Crippen molar-refractivity contribution in [3.63, 3.8) is 0 Å². The third-order valence-electron chi connectivity index (χ3n) is 5.62. The van der Waals surface area contributed by atoms with E-state index in [1.165, 1.54) is 18.6 Å². The molecule has 3 amide bonds. The van der Waals surface area contributed by atoms with Crippen LogP contribution in [0.1, 0.15) is 22.5 Å². The van der Waals surface area contributed by atoms with E-state index in [2.05, 4.69) is 15.3 Å². The summed E-state index contributed by atoms with van der Waals surface area (Å²) in [6.45, 7) is 2.02. The van der Waals surface area contributed by atoms with Gasteiger partial charge in [-0.05, 0) is 5.56 Å². The van der Waals surface area contributed by atoms with Gasteiger partial charge >= 0.3 is 6.09 Å². The fraction of sp³-hybridized carbons (Fsp3) is 0.409. The molecule has 10 nitrogen and oxygen atoms in total. The van der Waals surface area contributed by atoms with Gasteiger partial charge in [-0.3, -0.25) is 14.6 Å². The molecule has 32 heavy (non-hydrogen) atoms. The Labute approximate surface area is 185 Å². The number of amides is 3. The number of nitrogens with one attached hydrogen (secondary N) is 1. The van der Waals surface area contributed by atoms with Crippen LogP contribution in [0.5, 0.6) is 0 Å². The Hall–Kier alpha value is -3.53. The van der Waals surface area contributed by atoms with Gasteiger partial charge in [-0.1, -0.05) is 30.3 Å². The minimum absolute atomic E-state index is 0.0883. The van der Waals surface area contributed by atoms with E-state index in [-0.39, 0.29) is 30.7 Å². The summed E-state index contributed by atoms with van der Waals surface area (Å²) in [4.78, 5) is 49.6. The first-order chi connectivity index (χ1) is 15.6. The summed E-state index contributed by atoms with van der Waals surface area (Å²) >= 11 is 0. The Morgan fingerprint density at radius 3 is 2.47 bits per heavy atom. The third kappa shape index (κ3) is 4.86. The lowest BCUT2D eigenvalue weighted by molar-refractivity contribution is -0.139. The molecule has 10 heteroatoms. The second-order valence-corrected chi connectivity index (χ2v) is 7.75. The summed E-state index contributed by atoms with van der Waals surface area (Å²) in [5, 5.41) is 2.74. The highest BCUT2D eigenvalue weighted by Gasteiger charge is 2.47. The molecular weight excluding hydrogens is 414 g/mol. The number of ether oxygens (including phenoxy) is 2. The van der Waals surface area contributed by atoms with Crippen molar-refractivity contribution in [1.29, 1.82) is 0 Å². The molecule has 2 aliphatic rings. The van der Waals surface area contributed by atoms with E-state index in [9.17, 15) is 14.4 Å². The Morgan fingerprint density at radius 2 is 1.81 bits per heavy atom. The maximum Gasteiger partial charge on any atom is 0.408 e. The van der Waals surface area contributed by atoms with Crippen molar-refractivity contribution >= 4 is 17.9 Å². The molecule has 1 aromatic heterocycles. The summed E-state index contributed by atoms with van der Waals surface area (Å²) in [6.07, 6.45) is 4.11. The summed E-state index contributed by atoms with van der Waals surface area (Å²) in [7, 11) is 0. The molecule has 2 saturated heterocycles. The van der Waals surface area contributed by atoms with E-state index < -0.39 is 11.6 Å². The molecule has 4 rings (SSSR count). The highest BCUT2D eigenvalue weighted by molar-refractivity contribution is 5.93. The van der Waals surface area contributed by atoms with Gasteiger partial charge in [0.05, 0.1) is 12.8 Å². The smallest absolute Gasteiger partial charge is 0.408 e. The molecule has 0 spiro atoms. The van der Waals surface area contributed by atoms with Crippen LogP contribution in [0.4, 0.5) is 4.79 Å². The van der Waals surface area contributed by atoms with Crippen molar-refractivity contribution in [2.24, 2.45) is 0 Å². The van der Waals surface area contributed by atoms with Gasteiger partial charge in [0.15, 0.2) is 0 Å². The number of carbonyl (C=O) groups excluding carboxylic acids is 3. The number of piperazine rings is 1. The molecule has 0 saturated carbocycles. The van der Waals surface area contributed by atoms with E-state index in [4.69, 9.17) is 9.47 Å². The van der Waals surface area contributed by atoms with Gasteiger partial charge in [0.25, 0.3) is 11.8 Å². The van der Waals surface area contributed by atoms with Crippen molar-refractivity contribution in [2.45, 2.75) is 18.6 Å². The van der Waals surface area contributed by atoms with E-state index in [1.54, 1.807) is 9.80 Å². The van der Waals surface area contributed by atoms with Gasteiger partial charge in [-0.2, -0.15) is 0 Å². The molecule has 2 fully saturated rings. The monoisotopic (exact) mass is 439 g/mol. The van der Waals surface area contributed by atoms with Crippen LogP contribution in [0.15, 0.2) is 48.9 Å². The molecule has 1 atom stereocenters. The van der Waals surface area contributed by atoms with Crippen LogP contribution >= 0.6 is 0 Å². The Morgan fingerprint density at radius 1 is 1.06 bits per heavy atom. The quantitative estimate of drug-likeness (QED) is 0.735. The van der Waals surface area contributed by atoms with Crippen molar-refractivity contribution in [1.82, 2.24) is 25.1 Å². The molecule has 2 aromatic rings. The Bertz CT molecular complexity index is 942. The number of hydrogen-bond donors (Lipinski definition) is 1. The van der Waals surface area contributed by atoms with Crippen LogP contribution in [0.2, 0.25) is 0 Å². The first-order valence-electron chi connectivity index (χ1n) is 10.5. The predicted octanol–water partition coefficient (Wildman–Crippen LogP) is 0.847. The van der Waals surface area contributed by atoms with Gasteiger partial charge in [0.1, 0.15) is 17.8 Å². The second-order valence-electron chi connectivity index (χ2n) is 7.75. The van der Waals surface area contributed by atoms with Gasteiger partial charge in [0.2, 0.25) is 0 Å². The number of rotatable bonds is 5. The number of carbonyl (C=O) groups is 3. The number of aromatic nitrogens is 2. The molecule has 1 N–H and O–H groups in total. The summed E-state index contributed by atoms with van der Waals surface area (Å²) in [6, 6.07) is 9.32. The van der Waals surface area contributed by atoms with Crippen LogP contribution in [0.3, 0.4) is 0 Å². The Balaban J connectivity index is 1.34. The van der Waals surface area contributed by atoms with Crippen molar-refractivity contribution in [2.75, 3.05) is 39.4 Å². The average Bonchev–Trinajstić information content (AvgIpc) is 3.32. The van der Waals surface area contributed by atoms with Crippen LogP contribution in [-0.2, 0) is 20.9 Å². The highest BCUT2D eigenvalue weighted by atomic mass is 16.5.